The number of likely N-dealkylation sites (tertiary alicyclic amines) is 1. The van der Waals surface area contributed by atoms with Crippen molar-refractivity contribution in [2.24, 2.45) is 17.8 Å². The molecule has 2 aliphatic rings. The smallest absolute Gasteiger partial charge is 0.434 e. The Bertz CT molecular complexity index is 1330. The maximum Gasteiger partial charge on any atom is 0.471 e. The van der Waals surface area contributed by atoms with Crippen molar-refractivity contribution >= 4 is 40.5 Å². The number of nitrogens with one attached hydrogen (secondary N) is 3. The van der Waals surface area contributed by atoms with E-state index in [0.29, 0.717) is 30.5 Å². The fraction of sp³-hybridized carbons (Fsp3) is 0.571. The summed E-state index contributed by atoms with van der Waals surface area (Å²) in [5.74, 6) is -6.23. The van der Waals surface area contributed by atoms with E-state index in [0.717, 1.165) is 0 Å². The van der Waals surface area contributed by atoms with Crippen LogP contribution in [-0.4, -0.2) is 76.7 Å². The van der Waals surface area contributed by atoms with Gasteiger partial charge in [0.25, 0.3) is 5.89 Å². The third-order valence-corrected chi connectivity index (χ3v) is 7.75. The van der Waals surface area contributed by atoms with E-state index in [1.165, 1.54) is 18.7 Å². The van der Waals surface area contributed by atoms with Crippen LogP contribution in [0.1, 0.15) is 57.1 Å². The van der Waals surface area contributed by atoms with Gasteiger partial charge >= 0.3 is 12.1 Å². The molecule has 42 heavy (non-hydrogen) atoms. The second-order valence-corrected chi connectivity index (χ2v) is 11.3. The molecule has 0 unspecified atom stereocenters. The molecule has 11 nitrogen and oxygen atoms in total. The zero-order chi connectivity index (χ0) is 30.8. The first-order chi connectivity index (χ1) is 19.8. The van der Waals surface area contributed by atoms with Crippen LogP contribution in [0.2, 0.25) is 0 Å². The Morgan fingerprint density at radius 3 is 2.48 bits per heavy atom. The molecule has 4 amide bonds. The maximum absolute atomic E-state index is 13.7. The molecule has 3 heterocycles. The first kappa shape index (κ1) is 31.0. The summed E-state index contributed by atoms with van der Waals surface area (Å²) in [4.78, 5) is 70.2. The molecule has 14 heteroatoms. The highest BCUT2D eigenvalue weighted by Crippen LogP contribution is 2.27. The van der Waals surface area contributed by atoms with Crippen molar-refractivity contribution in [3.63, 3.8) is 0 Å². The number of benzene rings is 1. The number of aromatic nitrogens is 1. The summed E-state index contributed by atoms with van der Waals surface area (Å²) in [6, 6.07) is 2.85. The number of para-hydroxylation sites is 2. The second-order valence-electron chi connectivity index (χ2n) is 11.3. The fourth-order valence-corrected chi connectivity index (χ4v) is 5.35. The Labute approximate surface area is 239 Å². The number of nitrogens with zero attached hydrogens (tertiary/aromatic N) is 2. The van der Waals surface area contributed by atoms with Crippen molar-refractivity contribution in [2.75, 3.05) is 13.1 Å². The van der Waals surface area contributed by atoms with E-state index < -0.39 is 59.6 Å². The molecular weight excluding hydrogens is 559 g/mol. The van der Waals surface area contributed by atoms with Gasteiger partial charge in [0.1, 0.15) is 17.6 Å². The minimum absolute atomic E-state index is 0.0149. The van der Waals surface area contributed by atoms with E-state index >= 15 is 0 Å². The third-order valence-electron chi connectivity index (χ3n) is 7.75. The molecule has 2 fully saturated rings. The minimum Gasteiger partial charge on any atom is -0.434 e. The molecule has 1 aromatic heterocycles. The van der Waals surface area contributed by atoms with Crippen molar-refractivity contribution in [1.82, 2.24) is 25.8 Å². The molecule has 228 valence electrons. The zero-order valence-corrected chi connectivity index (χ0v) is 23.5. The van der Waals surface area contributed by atoms with Crippen molar-refractivity contribution in [2.45, 2.75) is 70.8 Å². The molecule has 0 spiro atoms. The van der Waals surface area contributed by atoms with Crippen LogP contribution in [0, 0.1) is 17.8 Å². The molecule has 1 aromatic carbocycles. The first-order valence-corrected chi connectivity index (χ1v) is 13.9. The van der Waals surface area contributed by atoms with Crippen LogP contribution in [0.25, 0.3) is 11.1 Å². The van der Waals surface area contributed by atoms with E-state index in [4.69, 9.17) is 4.42 Å². The Morgan fingerprint density at radius 2 is 1.86 bits per heavy atom. The fourth-order valence-electron chi connectivity index (χ4n) is 5.35. The normalized spacial score (nSPS) is 22.5. The molecule has 0 radical (unpaired) electrons. The highest BCUT2D eigenvalue weighted by atomic mass is 19.4. The first-order valence-electron chi connectivity index (χ1n) is 13.9. The van der Waals surface area contributed by atoms with E-state index in [1.54, 1.807) is 29.6 Å². The summed E-state index contributed by atoms with van der Waals surface area (Å²) in [6.07, 6.45) is -4.11. The number of ketones is 1. The molecule has 4 rings (SSSR count). The molecule has 2 aliphatic heterocycles. The summed E-state index contributed by atoms with van der Waals surface area (Å²) in [6.45, 7) is 5.34. The van der Waals surface area contributed by atoms with Crippen molar-refractivity contribution in [3.05, 3.63) is 30.2 Å². The lowest BCUT2D eigenvalue weighted by Gasteiger charge is -2.40. The number of Topliss-reactive ketones (excluding diaryl/α,β-unsaturated/α-hetero) is 1. The highest BCUT2D eigenvalue weighted by molar-refractivity contribution is 6.01. The van der Waals surface area contributed by atoms with Gasteiger partial charge in [0, 0.05) is 19.0 Å². The number of amides is 4. The monoisotopic (exact) mass is 593 g/mol. The second kappa shape index (κ2) is 12.5. The van der Waals surface area contributed by atoms with Gasteiger partial charge in [-0.2, -0.15) is 13.2 Å². The number of carbonyl (C=O) groups excluding carboxylic acids is 5. The van der Waals surface area contributed by atoms with Crippen molar-refractivity contribution in [3.8, 4) is 0 Å². The minimum atomic E-state index is -5.19. The van der Waals surface area contributed by atoms with Gasteiger partial charge < -0.3 is 25.3 Å². The lowest BCUT2D eigenvalue weighted by Crippen LogP contribution is -2.61. The summed E-state index contributed by atoms with van der Waals surface area (Å²) >= 11 is 0. The third kappa shape index (κ3) is 6.90. The molecule has 3 N–H and O–H groups in total. The number of rotatable bonds is 9. The van der Waals surface area contributed by atoms with Crippen LogP contribution in [-0.2, 0) is 19.2 Å². The molecule has 2 aromatic rings. The van der Waals surface area contributed by atoms with Crippen LogP contribution in [0.4, 0.5) is 13.2 Å². The Balaban J connectivity index is 1.59. The number of alkyl halides is 3. The summed E-state index contributed by atoms with van der Waals surface area (Å²) in [5.41, 5.74) is 0.797. The molecule has 0 saturated carbocycles. The van der Waals surface area contributed by atoms with Gasteiger partial charge in [0.2, 0.25) is 23.5 Å². The van der Waals surface area contributed by atoms with E-state index in [1.807, 2.05) is 6.92 Å². The Hall–Kier alpha value is -3.97. The predicted octanol–water partition coefficient (Wildman–Crippen LogP) is 2.35. The summed E-state index contributed by atoms with van der Waals surface area (Å²) in [5, 5.41) is 7.15. The van der Waals surface area contributed by atoms with Gasteiger partial charge in [-0.25, -0.2) is 4.98 Å². The van der Waals surface area contributed by atoms with Gasteiger partial charge in [0.05, 0.1) is 6.04 Å². The van der Waals surface area contributed by atoms with Gasteiger partial charge in [-0.15, -0.1) is 0 Å². The standard InChI is InChI=1S/C28H34F3N5O6/c1-14(2)21(35-27(41)28(29,30)31)26(40)36-11-9-15(3)12-19(36)24(39)33-18(13-16-8-10-32-23(16)38)22(37)25-34-17-6-4-5-7-20(17)42-25/h4-7,14-16,18-19,21H,8-13H2,1-3H3,(H,32,38)(H,33,39)(H,35,41)/t15-,16+,18+,19+,21+/m1/s1. The number of carbonyl (C=O) groups is 5. The van der Waals surface area contributed by atoms with Crippen LogP contribution >= 0.6 is 0 Å². The number of hydrogen-bond acceptors (Lipinski definition) is 7. The molecule has 0 bridgehead atoms. The van der Waals surface area contributed by atoms with Gasteiger partial charge in [0.15, 0.2) is 5.58 Å². The maximum atomic E-state index is 13.7. The average Bonchev–Trinajstić information content (AvgIpc) is 3.55. The van der Waals surface area contributed by atoms with E-state index in [9.17, 15) is 37.1 Å². The molecular formula is C28H34F3N5O6. The Kier molecular flexibility index (Phi) is 9.21. The topological polar surface area (TPSA) is 151 Å². The number of halogens is 3. The molecule has 0 aliphatic carbocycles. The van der Waals surface area contributed by atoms with Crippen LogP contribution in [0.5, 0.6) is 0 Å². The molecule has 2 saturated heterocycles. The van der Waals surface area contributed by atoms with Crippen molar-refractivity contribution < 1.29 is 41.6 Å². The highest BCUT2D eigenvalue weighted by Gasteiger charge is 2.45. The molecule has 5 atom stereocenters. The van der Waals surface area contributed by atoms with E-state index in [2.05, 4.69) is 15.6 Å². The SMILES string of the molecule is CC(C)[C@H](NC(=O)C(F)(F)F)C(=O)N1CC[C@@H](C)C[C@H]1C(=O)N[C@@H](C[C@@H]1CCNC1=O)C(=O)c1nc2ccccc2o1. The van der Waals surface area contributed by atoms with Gasteiger partial charge in [-0.05, 0) is 49.7 Å². The van der Waals surface area contributed by atoms with E-state index in [-0.39, 0.29) is 37.1 Å². The number of oxazole rings is 1. The quantitative estimate of drug-likeness (QED) is 0.378. The largest absolute Gasteiger partial charge is 0.471 e. The van der Waals surface area contributed by atoms with Gasteiger partial charge in [-0.1, -0.05) is 32.9 Å². The lowest BCUT2D eigenvalue weighted by molar-refractivity contribution is -0.175. The predicted molar refractivity (Wildman–Crippen MR) is 143 cm³/mol. The van der Waals surface area contributed by atoms with Crippen molar-refractivity contribution in [1.29, 1.82) is 0 Å². The van der Waals surface area contributed by atoms with Crippen LogP contribution in [0.3, 0.4) is 0 Å². The number of hydrogen-bond donors (Lipinski definition) is 3. The van der Waals surface area contributed by atoms with Crippen LogP contribution < -0.4 is 16.0 Å². The summed E-state index contributed by atoms with van der Waals surface area (Å²) in [7, 11) is 0. The average molecular weight is 594 g/mol. The number of fused-ring (bicyclic) bond motifs is 1. The van der Waals surface area contributed by atoms with Crippen LogP contribution in [0.15, 0.2) is 28.7 Å². The number of piperidine rings is 1. The van der Waals surface area contributed by atoms with Gasteiger partial charge in [-0.3, -0.25) is 24.0 Å². The Morgan fingerprint density at radius 1 is 1.14 bits per heavy atom. The zero-order valence-electron chi connectivity index (χ0n) is 23.5. The lowest BCUT2D eigenvalue weighted by atomic mass is 9.89. The summed E-state index contributed by atoms with van der Waals surface area (Å²) < 4.78 is 44.6.